The molecular weight excluding hydrogens is 278 g/mol. The molecular formula is C15H18ClNO3. The zero-order chi connectivity index (χ0) is 14.9. The summed E-state index contributed by atoms with van der Waals surface area (Å²) in [6.07, 6.45) is 0.624. The van der Waals surface area contributed by atoms with Crippen molar-refractivity contribution in [2.45, 2.75) is 20.3 Å². The van der Waals surface area contributed by atoms with Gasteiger partial charge < -0.3 is 10.0 Å². The van der Waals surface area contributed by atoms with Crippen LogP contribution in [0.5, 0.6) is 0 Å². The molecule has 1 aromatic carbocycles. The maximum atomic E-state index is 12.5. The summed E-state index contributed by atoms with van der Waals surface area (Å²) in [5, 5.41) is 9.77. The van der Waals surface area contributed by atoms with E-state index >= 15 is 0 Å². The van der Waals surface area contributed by atoms with E-state index in [9.17, 15) is 9.59 Å². The normalized spacial score (nSPS) is 22.6. The van der Waals surface area contributed by atoms with Gasteiger partial charge in [-0.3, -0.25) is 9.59 Å². The number of carbonyl (C=O) groups excluding carboxylic acids is 1. The molecule has 1 aromatic rings. The van der Waals surface area contributed by atoms with E-state index < -0.39 is 11.9 Å². The molecule has 1 saturated heterocycles. The van der Waals surface area contributed by atoms with Gasteiger partial charge in [-0.25, -0.2) is 0 Å². The number of carboxylic acid groups (broad SMARTS) is 1. The van der Waals surface area contributed by atoms with Crippen LogP contribution < -0.4 is 0 Å². The summed E-state index contributed by atoms with van der Waals surface area (Å²) < 4.78 is 0. The minimum absolute atomic E-state index is 0.123. The standard InChI is InChI=1S/C15H18ClNO3/c1-9-5-12(15(19)20)8-17(7-9)14(18)11-3-4-13(16)10(2)6-11/h3-4,6,9,12H,5,7-8H2,1-2H3,(H,19,20). The molecule has 1 amide bonds. The predicted octanol–water partition coefficient (Wildman–Crippen LogP) is 2.83. The molecule has 0 aliphatic carbocycles. The van der Waals surface area contributed by atoms with Gasteiger partial charge in [0, 0.05) is 23.7 Å². The van der Waals surface area contributed by atoms with E-state index in [1.54, 1.807) is 23.1 Å². The summed E-state index contributed by atoms with van der Waals surface area (Å²) in [5.74, 6) is -1.23. The van der Waals surface area contributed by atoms with Crippen LogP contribution in [0.15, 0.2) is 18.2 Å². The molecule has 2 unspecified atom stereocenters. The molecule has 0 saturated carbocycles. The molecule has 0 aromatic heterocycles. The summed E-state index contributed by atoms with van der Waals surface area (Å²) >= 11 is 5.96. The Morgan fingerprint density at radius 1 is 1.35 bits per heavy atom. The van der Waals surface area contributed by atoms with Crippen LogP contribution in [0.2, 0.25) is 5.02 Å². The van der Waals surface area contributed by atoms with Crippen LogP contribution in [0.25, 0.3) is 0 Å². The smallest absolute Gasteiger partial charge is 0.308 e. The van der Waals surface area contributed by atoms with Gasteiger partial charge in [-0.1, -0.05) is 18.5 Å². The summed E-state index contributed by atoms with van der Waals surface area (Å²) in [4.78, 5) is 25.2. The van der Waals surface area contributed by atoms with Crippen molar-refractivity contribution in [3.8, 4) is 0 Å². The Morgan fingerprint density at radius 2 is 2.05 bits per heavy atom. The lowest BCUT2D eigenvalue weighted by Gasteiger charge is -2.34. The molecule has 4 nitrogen and oxygen atoms in total. The highest BCUT2D eigenvalue weighted by Crippen LogP contribution is 2.24. The number of amides is 1. The first kappa shape index (κ1) is 14.9. The minimum Gasteiger partial charge on any atom is -0.481 e. The Balaban J connectivity index is 2.19. The van der Waals surface area contributed by atoms with Gasteiger partial charge in [0.1, 0.15) is 0 Å². The van der Waals surface area contributed by atoms with E-state index in [1.807, 2.05) is 13.8 Å². The average molecular weight is 296 g/mol. The van der Waals surface area contributed by atoms with E-state index in [0.717, 1.165) is 5.56 Å². The number of rotatable bonds is 2. The van der Waals surface area contributed by atoms with E-state index in [4.69, 9.17) is 16.7 Å². The third kappa shape index (κ3) is 3.12. The average Bonchev–Trinajstić information content (AvgIpc) is 2.40. The largest absolute Gasteiger partial charge is 0.481 e. The highest BCUT2D eigenvalue weighted by atomic mass is 35.5. The van der Waals surface area contributed by atoms with Crippen molar-refractivity contribution >= 4 is 23.5 Å². The van der Waals surface area contributed by atoms with Crippen LogP contribution >= 0.6 is 11.6 Å². The number of aliphatic carboxylic acids is 1. The third-order valence-corrected chi connectivity index (χ3v) is 4.13. The molecule has 0 radical (unpaired) electrons. The first-order chi connectivity index (χ1) is 9.38. The van der Waals surface area contributed by atoms with Crippen LogP contribution in [-0.2, 0) is 4.79 Å². The Kier molecular flexibility index (Phi) is 4.33. The molecule has 108 valence electrons. The summed E-state index contributed by atoms with van der Waals surface area (Å²) in [7, 11) is 0. The topological polar surface area (TPSA) is 57.6 Å². The van der Waals surface area contributed by atoms with Crippen molar-refractivity contribution in [1.82, 2.24) is 4.90 Å². The van der Waals surface area contributed by atoms with E-state index in [1.165, 1.54) is 0 Å². The number of hydrogen-bond donors (Lipinski definition) is 1. The number of benzene rings is 1. The molecule has 1 fully saturated rings. The van der Waals surface area contributed by atoms with E-state index in [-0.39, 0.29) is 18.4 Å². The van der Waals surface area contributed by atoms with Gasteiger partial charge >= 0.3 is 5.97 Å². The predicted molar refractivity (Wildman–Crippen MR) is 77.0 cm³/mol. The van der Waals surface area contributed by atoms with E-state index in [0.29, 0.717) is 23.6 Å². The summed E-state index contributed by atoms with van der Waals surface area (Å²) in [5.41, 5.74) is 1.41. The second kappa shape index (κ2) is 5.83. The maximum absolute atomic E-state index is 12.5. The van der Waals surface area contributed by atoms with Crippen molar-refractivity contribution in [3.63, 3.8) is 0 Å². The fourth-order valence-electron chi connectivity index (χ4n) is 2.66. The number of nitrogens with zero attached hydrogens (tertiary/aromatic N) is 1. The second-order valence-corrected chi connectivity index (χ2v) is 5.96. The third-order valence-electron chi connectivity index (χ3n) is 3.70. The van der Waals surface area contributed by atoms with Gasteiger partial charge in [-0.15, -0.1) is 0 Å². The Labute approximate surface area is 123 Å². The maximum Gasteiger partial charge on any atom is 0.308 e. The van der Waals surface area contributed by atoms with Crippen molar-refractivity contribution in [1.29, 1.82) is 0 Å². The van der Waals surface area contributed by atoms with Crippen molar-refractivity contribution in [3.05, 3.63) is 34.3 Å². The number of halogens is 1. The van der Waals surface area contributed by atoms with Gasteiger partial charge in [0.25, 0.3) is 5.91 Å². The summed E-state index contributed by atoms with van der Waals surface area (Å²) in [6.45, 7) is 4.70. The van der Waals surface area contributed by atoms with Crippen molar-refractivity contribution in [2.75, 3.05) is 13.1 Å². The number of piperidine rings is 1. The van der Waals surface area contributed by atoms with Gasteiger partial charge in [-0.2, -0.15) is 0 Å². The molecule has 1 aliphatic heterocycles. The molecule has 2 rings (SSSR count). The Morgan fingerprint density at radius 3 is 2.65 bits per heavy atom. The zero-order valence-electron chi connectivity index (χ0n) is 11.6. The molecule has 20 heavy (non-hydrogen) atoms. The SMILES string of the molecule is Cc1cc(C(=O)N2CC(C)CC(C(=O)O)C2)ccc1Cl. The fraction of sp³-hybridized carbons (Fsp3) is 0.467. The number of likely N-dealkylation sites (tertiary alicyclic amines) is 1. The van der Waals surface area contributed by atoms with Crippen LogP contribution in [-0.4, -0.2) is 35.0 Å². The fourth-order valence-corrected chi connectivity index (χ4v) is 2.77. The number of hydrogen-bond acceptors (Lipinski definition) is 2. The van der Waals surface area contributed by atoms with Gasteiger partial charge in [0.05, 0.1) is 5.92 Å². The molecule has 1 N–H and O–H groups in total. The quantitative estimate of drug-likeness (QED) is 0.913. The molecule has 5 heteroatoms. The molecule has 1 aliphatic rings. The molecule has 0 bridgehead atoms. The monoisotopic (exact) mass is 295 g/mol. The van der Waals surface area contributed by atoms with Gasteiger partial charge in [0.15, 0.2) is 0 Å². The Bertz CT molecular complexity index is 544. The van der Waals surface area contributed by atoms with Crippen LogP contribution in [0.3, 0.4) is 0 Å². The second-order valence-electron chi connectivity index (χ2n) is 5.55. The zero-order valence-corrected chi connectivity index (χ0v) is 12.4. The van der Waals surface area contributed by atoms with E-state index in [2.05, 4.69) is 0 Å². The lowest BCUT2D eigenvalue weighted by atomic mass is 9.90. The number of carboxylic acids is 1. The highest BCUT2D eigenvalue weighted by Gasteiger charge is 2.32. The van der Waals surface area contributed by atoms with Crippen LogP contribution in [0, 0.1) is 18.8 Å². The van der Waals surface area contributed by atoms with Gasteiger partial charge in [0.2, 0.25) is 0 Å². The van der Waals surface area contributed by atoms with Crippen molar-refractivity contribution in [2.24, 2.45) is 11.8 Å². The molecule has 0 spiro atoms. The minimum atomic E-state index is -0.832. The first-order valence-electron chi connectivity index (χ1n) is 6.66. The van der Waals surface area contributed by atoms with Gasteiger partial charge in [-0.05, 0) is 43.0 Å². The lowest BCUT2D eigenvalue weighted by Crippen LogP contribution is -2.45. The Hall–Kier alpha value is -1.55. The summed E-state index contributed by atoms with van der Waals surface area (Å²) in [6, 6.07) is 5.14. The highest BCUT2D eigenvalue weighted by molar-refractivity contribution is 6.31. The van der Waals surface area contributed by atoms with Crippen LogP contribution in [0.1, 0.15) is 29.3 Å². The number of aryl methyl sites for hydroxylation is 1. The molecule has 1 heterocycles. The lowest BCUT2D eigenvalue weighted by molar-refractivity contribution is -0.143. The first-order valence-corrected chi connectivity index (χ1v) is 7.04. The van der Waals surface area contributed by atoms with Crippen LogP contribution in [0.4, 0.5) is 0 Å². The molecule has 2 atom stereocenters. The van der Waals surface area contributed by atoms with Crippen molar-refractivity contribution < 1.29 is 14.7 Å². The number of carbonyl (C=O) groups is 2.